The molecule has 0 saturated carbocycles. The van der Waals surface area contributed by atoms with Gasteiger partial charge in [-0.2, -0.15) is 5.10 Å². The summed E-state index contributed by atoms with van der Waals surface area (Å²) in [6.07, 6.45) is 4.67. The fourth-order valence-electron chi connectivity index (χ4n) is 3.05. The fraction of sp³-hybridized carbons (Fsp3) is 0.0500. The first kappa shape index (κ1) is 18.7. The summed E-state index contributed by atoms with van der Waals surface area (Å²) < 4.78 is 16.3. The van der Waals surface area contributed by atoms with E-state index in [-0.39, 0.29) is 11.4 Å². The zero-order valence-electron chi connectivity index (χ0n) is 15.2. The van der Waals surface area contributed by atoms with Crippen molar-refractivity contribution in [3.8, 4) is 5.69 Å². The maximum atomic E-state index is 13.2. The Balaban J connectivity index is 1.46. The minimum atomic E-state index is -0.317. The molecular weight excluding hydrogens is 427 g/mol. The smallest absolute Gasteiger partial charge is 0.258 e. The van der Waals surface area contributed by atoms with Crippen LogP contribution in [0.3, 0.4) is 0 Å². The summed E-state index contributed by atoms with van der Waals surface area (Å²) in [5.41, 5.74) is 2.27. The topological polar surface area (TPSA) is 78.0 Å². The first-order valence-corrected chi connectivity index (χ1v) is 10.2. The van der Waals surface area contributed by atoms with E-state index in [1.54, 1.807) is 41.3 Å². The Kier molecular flexibility index (Phi) is 4.68. The number of halogens is 2. The van der Waals surface area contributed by atoms with Gasteiger partial charge in [-0.15, -0.1) is 0 Å². The molecule has 0 radical (unpaired) electrons. The average molecular weight is 439 g/mol. The van der Waals surface area contributed by atoms with E-state index in [9.17, 15) is 9.18 Å². The fourth-order valence-corrected chi connectivity index (χ4v) is 4.07. The van der Waals surface area contributed by atoms with Gasteiger partial charge in [0.25, 0.3) is 5.56 Å². The van der Waals surface area contributed by atoms with Gasteiger partial charge in [0.15, 0.2) is 5.65 Å². The van der Waals surface area contributed by atoms with Crippen LogP contribution in [0.1, 0.15) is 5.69 Å². The standard InChI is InChI=1S/C20H12ClFN6OS/c21-12-1-6-17-26-14(7-18(29)27(17)9-12)10-30-20-16-8-25-28(19(16)23-11-24-20)15-4-2-13(22)3-5-15/h1-9,11H,10H2. The van der Waals surface area contributed by atoms with Crippen LogP contribution in [0.5, 0.6) is 0 Å². The quantitative estimate of drug-likeness (QED) is 0.313. The first-order valence-electron chi connectivity index (χ1n) is 8.84. The summed E-state index contributed by atoms with van der Waals surface area (Å²) in [6, 6.07) is 10.9. The largest absolute Gasteiger partial charge is 0.269 e. The lowest BCUT2D eigenvalue weighted by atomic mass is 10.3. The van der Waals surface area contributed by atoms with Crippen LogP contribution in [0.15, 0.2) is 71.0 Å². The van der Waals surface area contributed by atoms with Gasteiger partial charge in [-0.1, -0.05) is 23.4 Å². The lowest BCUT2D eigenvalue weighted by Crippen LogP contribution is -2.15. The van der Waals surface area contributed by atoms with E-state index in [0.717, 1.165) is 5.39 Å². The molecule has 4 aromatic heterocycles. The Morgan fingerprint density at radius 3 is 2.77 bits per heavy atom. The van der Waals surface area contributed by atoms with E-state index in [0.29, 0.717) is 38.5 Å². The van der Waals surface area contributed by atoms with Crippen molar-refractivity contribution in [3.63, 3.8) is 0 Å². The molecule has 0 amide bonds. The summed E-state index contributed by atoms with van der Waals surface area (Å²) in [5, 5.41) is 6.31. The van der Waals surface area contributed by atoms with Crippen LogP contribution in [0, 0.1) is 5.82 Å². The van der Waals surface area contributed by atoms with E-state index >= 15 is 0 Å². The van der Waals surface area contributed by atoms with Crippen molar-refractivity contribution in [1.82, 2.24) is 29.1 Å². The number of thioether (sulfide) groups is 1. The highest BCUT2D eigenvalue weighted by Gasteiger charge is 2.13. The van der Waals surface area contributed by atoms with E-state index in [1.165, 1.54) is 40.7 Å². The van der Waals surface area contributed by atoms with Crippen molar-refractivity contribution in [2.75, 3.05) is 0 Å². The summed E-state index contributed by atoms with van der Waals surface area (Å²) in [6.45, 7) is 0. The minimum Gasteiger partial charge on any atom is -0.269 e. The molecule has 0 aliphatic rings. The number of hydrogen-bond acceptors (Lipinski definition) is 6. The third-order valence-electron chi connectivity index (χ3n) is 4.43. The molecule has 0 unspecified atom stereocenters. The van der Waals surface area contributed by atoms with Gasteiger partial charge in [0.1, 0.15) is 22.8 Å². The Morgan fingerprint density at radius 1 is 1.10 bits per heavy atom. The molecule has 148 valence electrons. The zero-order valence-corrected chi connectivity index (χ0v) is 16.8. The van der Waals surface area contributed by atoms with E-state index in [1.807, 2.05) is 0 Å². The molecule has 0 saturated heterocycles. The molecule has 10 heteroatoms. The van der Waals surface area contributed by atoms with Crippen molar-refractivity contribution in [2.24, 2.45) is 0 Å². The molecule has 4 heterocycles. The zero-order chi connectivity index (χ0) is 20.7. The van der Waals surface area contributed by atoms with Crippen LogP contribution in [-0.4, -0.2) is 29.1 Å². The summed E-state index contributed by atoms with van der Waals surface area (Å²) >= 11 is 7.38. The van der Waals surface area contributed by atoms with Crippen LogP contribution in [-0.2, 0) is 5.75 Å². The molecule has 1 aromatic carbocycles. The van der Waals surface area contributed by atoms with Crippen molar-refractivity contribution in [3.05, 3.63) is 88.1 Å². The van der Waals surface area contributed by atoms with Crippen LogP contribution in [0.2, 0.25) is 5.02 Å². The number of fused-ring (bicyclic) bond motifs is 2. The van der Waals surface area contributed by atoms with Gasteiger partial charge in [0.2, 0.25) is 0 Å². The first-order chi connectivity index (χ1) is 14.6. The summed E-state index contributed by atoms with van der Waals surface area (Å²) in [7, 11) is 0. The third-order valence-corrected chi connectivity index (χ3v) is 5.70. The number of rotatable bonds is 4. The molecule has 0 N–H and O–H groups in total. The Hall–Kier alpha value is -3.30. The van der Waals surface area contributed by atoms with Crippen molar-refractivity contribution < 1.29 is 4.39 Å². The van der Waals surface area contributed by atoms with Gasteiger partial charge in [0, 0.05) is 18.0 Å². The van der Waals surface area contributed by atoms with Crippen molar-refractivity contribution >= 4 is 40.0 Å². The van der Waals surface area contributed by atoms with Crippen LogP contribution >= 0.6 is 23.4 Å². The average Bonchev–Trinajstić information content (AvgIpc) is 3.18. The summed E-state index contributed by atoms with van der Waals surface area (Å²) in [4.78, 5) is 25.5. The highest BCUT2D eigenvalue weighted by molar-refractivity contribution is 7.98. The highest BCUT2D eigenvalue weighted by Crippen LogP contribution is 2.28. The summed E-state index contributed by atoms with van der Waals surface area (Å²) in [5.74, 6) is 0.129. The lowest BCUT2D eigenvalue weighted by molar-refractivity contribution is 0.627. The Morgan fingerprint density at radius 2 is 1.93 bits per heavy atom. The van der Waals surface area contributed by atoms with Crippen LogP contribution < -0.4 is 5.56 Å². The van der Waals surface area contributed by atoms with Gasteiger partial charge >= 0.3 is 0 Å². The second kappa shape index (κ2) is 7.51. The molecule has 0 aliphatic heterocycles. The minimum absolute atomic E-state index is 0.199. The second-order valence-corrected chi connectivity index (χ2v) is 7.80. The number of nitrogens with zero attached hydrogens (tertiary/aromatic N) is 6. The number of aromatic nitrogens is 6. The number of hydrogen-bond donors (Lipinski definition) is 0. The van der Waals surface area contributed by atoms with Crippen molar-refractivity contribution in [1.29, 1.82) is 0 Å². The molecule has 0 bridgehead atoms. The maximum absolute atomic E-state index is 13.2. The Bertz CT molecular complexity index is 1450. The number of benzene rings is 1. The van der Waals surface area contributed by atoms with E-state index in [2.05, 4.69) is 20.1 Å². The van der Waals surface area contributed by atoms with E-state index < -0.39 is 0 Å². The van der Waals surface area contributed by atoms with Gasteiger partial charge in [-0.3, -0.25) is 9.20 Å². The molecule has 0 fully saturated rings. The predicted molar refractivity (Wildman–Crippen MR) is 113 cm³/mol. The van der Waals surface area contributed by atoms with Gasteiger partial charge in [0.05, 0.1) is 28.0 Å². The second-order valence-electron chi connectivity index (χ2n) is 6.40. The molecule has 0 aliphatic carbocycles. The normalized spacial score (nSPS) is 11.4. The maximum Gasteiger partial charge on any atom is 0.258 e. The molecule has 5 aromatic rings. The van der Waals surface area contributed by atoms with Gasteiger partial charge in [-0.05, 0) is 36.4 Å². The molecule has 5 rings (SSSR count). The Labute approximate surface area is 178 Å². The predicted octanol–water partition coefficient (Wildman–Crippen LogP) is 3.91. The van der Waals surface area contributed by atoms with Gasteiger partial charge in [-0.25, -0.2) is 24.0 Å². The highest BCUT2D eigenvalue weighted by atomic mass is 35.5. The molecule has 30 heavy (non-hydrogen) atoms. The number of pyridine rings is 1. The SMILES string of the molecule is O=c1cc(CSc2ncnc3c2cnn3-c2ccc(F)cc2)nc2ccc(Cl)cn12. The monoisotopic (exact) mass is 438 g/mol. The van der Waals surface area contributed by atoms with E-state index in [4.69, 9.17) is 11.6 Å². The van der Waals surface area contributed by atoms with Gasteiger partial charge < -0.3 is 0 Å². The molecular formula is C20H12ClFN6OS. The van der Waals surface area contributed by atoms with Crippen LogP contribution in [0.25, 0.3) is 22.4 Å². The lowest BCUT2D eigenvalue weighted by Gasteiger charge is -2.06. The molecule has 0 atom stereocenters. The van der Waals surface area contributed by atoms with Crippen LogP contribution in [0.4, 0.5) is 4.39 Å². The molecule has 0 spiro atoms. The third kappa shape index (κ3) is 3.42. The van der Waals surface area contributed by atoms with Crippen molar-refractivity contribution in [2.45, 2.75) is 10.8 Å². The molecule has 7 nitrogen and oxygen atoms in total.